The van der Waals surface area contributed by atoms with Crippen molar-refractivity contribution in [2.45, 2.75) is 34.1 Å². The van der Waals surface area contributed by atoms with Crippen molar-refractivity contribution in [2.24, 2.45) is 5.41 Å². The van der Waals surface area contributed by atoms with E-state index in [0.717, 1.165) is 46.9 Å². The number of pyridine rings is 1. The zero-order valence-electron chi connectivity index (χ0n) is 15.5. The minimum Gasteiger partial charge on any atom is -0.385 e. The number of rotatable bonds is 7. The molecule has 0 atom stereocenters. The summed E-state index contributed by atoms with van der Waals surface area (Å²) >= 11 is 0. The molecule has 0 saturated carbocycles. The first-order valence-corrected chi connectivity index (χ1v) is 8.55. The van der Waals surface area contributed by atoms with Crippen molar-refractivity contribution in [1.29, 1.82) is 0 Å². The fourth-order valence-corrected chi connectivity index (χ4v) is 2.39. The Hall–Kier alpha value is -2.29. The molecular weight excluding hydrogens is 294 g/mol. The van der Waals surface area contributed by atoms with E-state index in [4.69, 9.17) is 4.98 Å². The second kappa shape index (κ2) is 7.52. The van der Waals surface area contributed by atoms with Crippen molar-refractivity contribution in [3.05, 3.63) is 54.1 Å². The van der Waals surface area contributed by atoms with Gasteiger partial charge in [-0.2, -0.15) is 0 Å². The zero-order valence-corrected chi connectivity index (χ0v) is 15.5. The molecular formula is C21H29N3. The van der Waals surface area contributed by atoms with E-state index in [0.29, 0.717) is 0 Å². The van der Waals surface area contributed by atoms with Gasteiger partial charge in [0.25, 0.3) is 0 Å². The van der Waals surface area contributed by atoms with Crippen LogP contribution in [0.4, 0.5) is 5.82 Å². The van der Waals surface area contributed by atoms with Crippen molar-refractivity contribution in [1.82, 2.24) is 10.3 Å². The van der Waals surface area contributed by atoms with E-state index >= 15 is 0 Å². The van der Waals surface area contributed by atoms with Crippen LogP contribution in [0.1, 0.15) is 38.3 Å². The number of hydrogen-bond acceptors (Lipinski definition) is 3. The SMILES string of the molecule is C=C(NCC(C)(C)CC)c1cccc(-c2nc(NC)ccc2C)c1. The summed E-state index contributed by atoms with van der Waals surface area (Å²) in [5.41, 5.74) is 5.61. The number of nitrogens with zero attached hydrogens (tertiary/aromatic N) is 1. The van der Waals surface area contributed by atoms with Crippen LogP contribution in [0.25, 0.3) is 17.0 Å². The van der Waals surface area contributed by atoms with E-state index in [2.05, 4.69) is 75.2 Å². The van der Waals surface area contributed by atoms with Gasteiger partial charge in [0.1, 0.15) is 5.82 Å². The highest BCUT2D eigenvalue weighted by molar-refractivity contribution is 5.71. The second-order valence-corrected chi connectivity index (χ2v) is 7.04. The van der Waals surface area contributed by atoms with Crippen molar-refractivity contribution in [2.75, 3.05) is 18.9 Å². The Morgan fingerprint density at radius 3 is 2.62 bits per heavy atom. The molecule has 3 nitrogen and oxygen atoms in total. The summed E-state index contributed by atoms with van der Waals surface area (Å²) in [6.07, 6.45) is 1.13. The molecule has 1 aromatic carbocycles. The van der Waals surface area contributed by atoms with Crippen LogP contribution in [-0.2, 0) is 0 Å². The lowest BCUT2D eigenvalue weighted by Gasteiger charge is -2.24. The molecule has 0 spiro atoms. The molecule has 2 rings (SSSR count). The van der Waals surface area contributed by atoms with Gasteiger partial charge in [0.05, 0.1) is 5.69 Å². The maximum atomic E-state index is 4.70. The molecule has 128 valence electrons. The Morgan fingerprint density at radius 2 is 1.96 bits per heavy atom. The summed E-state index contributed by atoms with van der Waals surface area (Å²) in [6.45, 7) is 14.0. The summed E-state index contributed by atoms with van der Waals surface area (Å²) in [5, 5.41) is 6.58. The minimum absolute atomic E-state index is 0.264. The molecule has 0 radical (unpaired) electrons. The fraction of sp³-hybridized carbons (Fsp3) is 0.381. The van der Waals surface area contributed by atoms with Gasteiger partial charge >= 0.3 is 0 Å². The second-order valence-electron chi connectivity index (χ2n) is 7.04. The third kappa shape index (κ3) is 4.38. The van der Waals surface area contributed by atoms with Crippen LogP contribution in [0.3, 0.4) is 0 Å². The van der Waals surface area contributed by atoms with Gasteiger partial charge in [-0.15, -0.1) is 0 Å². The van der Waals surface area contributed by atoms with Gasteiger partial charge < -0.3 is 10.6 Å². The van der Waals surface area contributed by atoms with Crippen molar-refractivity contribution >= 4 is 11.5 Å². The summed E-state index contributed by atoms with van der Waals surface area (Å²) in [5.74, 6) is 0.877. The Labute approximate surface area is 146 Å². The van der Waals surface area contributed by atoms with Crippen molar-refractivity contribution in [3.8, 4) is 11.3 Å². The number of benzene rings is 1. The largest absolute Gasteiger partial charge is 0.385 e. The zero-order chi connectivity index (χ0) is 17.7. The van der Waals surface area contributed by atoms with Gasteiger partial charge in [-0.3, -0.25) is 0 Å². The van der Waals surface area contributed by atoms with Crippen LogP contribution in [-0.4, -0.2) is 18.6 Å². The third-order valence-electron chi connectivity index (χ3n) is 4.58. The third-order valence-corrected chi connectivity index (χ3v) is 4.58. The maximum absolute atomic E-state index is 4.70. The number of nitrogens with one attached hydrogen (secondary N) is 2. The van der Waals surface area contributed by atoms with Crippen LogP contribution in [0.15, 0.2) is 43.0 Å². The average molecular weight is 323 g/mol. The van der Waals surface area contributed by atoms with Crippen LogP contribution >= 0.6 is 0 Å². The molecule has 3 heteroatoms. The van der Waals surface area contributed by atoms with Crippen molar-refractivity contribution in [3.63, 3.8) is 0 Å². The monoisotopic (exact) mass is 323 g/mol. The highest BCUT2D eigenvalue weighted by Crippen LogP contribution is 2.26. The topological polar surface area (TPSA) is 37.0 Å². The van der Waals surface area contributed by atoms with E-state index in [9.17, 15) is 0 Å². The van der Waals surface area contributed by atoms with E-state index in [-0.39, 0.29) is 5.41 Å². The summed E-state index contributed by atoms with van der Waals surface area (Å²) < 4.78 is 0. The standard InChI is InChI=1S/C21H29N3/c1-7-21(4,5)14-23-16(3)17-9-8-10-18(13-17)20-15(2)11-12-19(22-6)24-20/h8-13,23H,3,7,14H2,1-2,4-6H3,(H,22,24). The van der Waals surface area contributed by atoms with E-state index in [1.54, 1.807) is 0 Å². The normalized spacial score (nSPS) is 11.2. The first-order valence-electron chi connectivity index (χ1n) is 8.55. The molecule has 0 aliphatic rings. The molecule has 1 aromatic heterocycles. The van der Waals surface area contributed by atoms with E-state index < -0.39 is 0 Å². The van der Waals surface area contributed by atoms with E-state index in [1.807, 2.05) is 13.1 Å². The molecule has 0 fully saturated rings. The van der Waals surface area contributed by atoms with Gasteiger partial charge in [-0.1, -0.05) is 51.6 Å². The lowest BCUT2D eigenvalue weighted by Crippen LogP contribution is -2.27. The first kappa shape index (κ1) is 18.1. The molecule has 0 bridgehead atoms. The quantitative estimate of drug-likeness (QED) is 0.744. The predicted octanol–water partition coefficient (Wildman–Crippen LogP) is 5.10. The van der Waals surface area contributed by atoms with Gasteiger partial charge in [0.2, 0.25) is 0 Å². The lowest BCUT2D eigenvalue weighted by atomic mass is 9.90. The van der Waals surface area contributed by atoms with E-state index in [1.165, 1.54) is 0 Å². The molecule has 0 saturated heterocycles. The summed E-state index contributed by atoms with van der Waals surface area (Å²) in [7, 11) is 1.89. The minimum atomic E-state index is 0.264. The number of aromatic nitrogens is 1. The summed E-state index contributed by atoms with van der Waals surface area (Å²) in [4.78, 5) is 4.70. The lowest BCUT2D eigenvalue weighted by molar-refractivity contribution is 0.347. The van der Waals surface area contributed by atoms with Crippen LogP contribution < -0.4 is 10.6 Å². The first-order chi connectivity index (χ1) is 11.4. The fourth-order valence-electron chi connectivity index (χ4n) is 2.39. The van der Waals surface area contributed by atoms with Crippen molar-refractivity contribution < 1.29 is 0 Å². The molecule has 0 amide bonds. The smallest absolute Gasteiger partial charge is 0.126 e. The highest BCUT2D eigenvalue weighted by Gasteiger charge is 2.15. The molecule has 2 N–H and O–H groups in total. The summed E-state index contributed by atoms with van der Waals surface area (Å²) in [6, 6.07) is 12.5. The average Bonchev–Trinajstić information content (AvgIpc) is 2.60. The molecule has 0 aliphatic heterocycles. The highest BCUT2D eigenvalue weighted by atomic mass is 15.0. The van der Waals surface area contributed by atoms with Gasteiger partial charge in [-0.05, 0) is 42.0 Å². The molecule has 1 heterocycles. The van der Waals surface area contributed by atoms with Gasteiger partial charge in [-0.25, -0.2) is 4.98 Å². The maximum Gasteiger partial charge on any atom is 0.126 e. The predicted molar refractivity (Wildman–Crippen MR) is 105 cm³/mol. The Morgan fingerprint density at radius 1 is 1.21 bits per heavy atom. The number of anilines is 1. The molecule has 2 aromatic rings. The molecule has 0 unspecified atom stereocenters. The Balaban J connectivity index is 2.24. The van der Waals surface area contributed by atoms with Crippen LogP contribution in [0, 0.1) is 12.3 Å². The molecule has 24 heavy (non-hydrogen) atoms. The van der Waals surface area contributed by atoms with Gasteiger partial charge in [0.15, 0.2) is 0 Å². The van der Waals surface area contributed by atoms with Crippen LogP contribution in [0.5, 0.6) is 0 Å². The number of aryl methyl sites for hydroxylation is 1. The number of hydrogen-bond donors (Lipinski definition) is 2. The molecule has 0 aliphatic carbocycles. The Kier molecular flexibility index (Phi) is 5.66. The van der Waals surface area contributed by atoms with Gasteiger partial charge in [0, 0.05) is 24.9 Å². The van der Waals surface area contributed by atoms with Crippen LogP contribution in [0.2, 0.25) is 0 Å². The Bertz CT molecular complexity index is 717.